The van der Waals surface area contributed by atoms with E-state index >= 15 is 0 Å². The molecule has 0 spiro atoms. The molecule has 0 aromatic heterocycles. The largest absolute Gasteiger partial charge is 0.465 e. The first-order valence-corrected chi connectivity index (χ1v) is 9.82. The third kappa shape index (κ3) is 7.35. The Morgan fingerprint density at radius 1 is 0.897 bits per heavy atom. The molecule has 0 saturated heterocycles. The summed E-state index contributed by atoms with van der Waals surface area (Å²) in [5.41, 5.74) is 2.71. The fourth-order valence-corrected chi connectivity index (χ4v) is 3.00. The van der Waals surface area contributed by atoms with Crippen molar-refractivity contribution in [3.8, 4) is 0 Å². The quantitative estimate of drug-likeness (QED) is 0.674. The minimum Gasteiger partial charge on any atom is -0.465 e. The van der Waals surface area contributed by atoms with Gasteiger partial charge in [0.25, 0.3) is 0 Å². The molecule has 0 amide bonds. The molecule has 2 aromatic carbocycles. The van der Waals surface area contributed by atoms with E-state index in [9.17, 15) is 14.7 Å². The number of methoxy groups -OCH3 is 1. The minimum atomic E-state index is -0.515. The molecule has 0 aliphatic heterocycles. The van der Waals surface area contributed by atoms with Crippen molar-refractivity contribution in [3.05, 3.63) is 70.8 Å². The Morgan fingerprint density at radius 2 is 1.41 bits per heavy atom. The molecule has 0 aliphatic rings. The molecule has 0 saturated carbocycles. The number of esters is 2. The second-order valence-electron chi connectivity index (χ2n) is 8.18. The van der Waals surface area contributed by atoms with E-state index in [-0.39, 0.29) is 24.5 Å². The third-order valence-corrected chi connectivity index (χ3v) is 4.59. The summed E-state index contributed by atoms with van der Waals surface area (Å²) in [5, 5.41) is 9.74. The smallest absolute Gasteiger partial charge is 0.338 e. The van der Waals surface area contributed by atoms with Gasteiger partial charge in [-0.1, -0.05) is 24.3 Å². The lowest BCUT2D eigenvalue weighted by Gasteiger charge is -2.19. The van der Waals surface area contributed by atoms with E-state index in [1.165, 1.54) is 7.11 Å². The zero-order valence-corrected chi connectivity index (χ0v) is 17.6. The summed E-state index contributed by atoms with van der Waals surface area (Å²) in [6.45, 7) is 5.63. The Balaban J connectivity index is 1.90. The van der Waals surface area contributed by atoms with Crippen LogP contribution in [0.2, 0.25) is 0 Å². The number of hydrogen-bond acceptors (Lipinski definition) is 5. The number of aliphatic hydroxyl groups is 1. The summed E-state index contributed by atoms with van der Waals surface area (Å²) in [6, 6.07) is 14.7. The number of rotatable bonds is 8. The van der Waals surface area contributed by atoms with Gasteiger partial charge < -0.3 is 14.6 Å². The van der Waals surface area contributed by atoms with Crippen molar-refractivity contribution in [2.75, 3.05) is 13.7 Å². The van der Waals surface area contributed by atoms with Gasteiger partial charge in [0.2, 0.25) is 0 Å². The molecular weight excluding hydrogens is 368 g/mol. The number of carbonyl (C=O) groups is 2. The van der Waals surface area contributed by atoms with E-state index < -0.39 is 5.60 Å². The predicted octanol–water partition coefficient (Wildman–Crippen LogP) is 4.21. The highest BCUT2D eigenvalue weighted by molar-refractivity contribution is 5.90. The number of hydrogen-bond donors (Lipinski definition) is 1. The second kappa shape index (κ2) is 10.2. The second-order valence-corrected chi connectivity index (χ2v) is 8.18. The Bertz CT molecular complexity index is 801. The van der Waals surface area contributed by atoms with Gasteiger partial charge in [0.05, 0.1) is 18.2 Å². The summed E-state index contributed by atoms with van der Waals surface area (Å²) in [7, 11) is 1.36. The zero-order valence-electron chi connectivity index (χ0n) is 17.6. The van der Waals surface area contributed by atoms with Crippen LogP contribution in [-0.4, -0.2) is 36.4 Å². The molecule has 0 fully saturated rings. The number of ether oxygens (including phenoxy) is 2. The van der Waals surface area contributed by atoms with E-state index in [1.807, 2.05) is 45.0 Å². The van der Waals surface area contributed by atoms with E-state index in [2.05, 4.69) is 0 Å². The fraction of sp³-hybridized carbons (Fsp3) is 0.417. The summed E-state index contributed by atoms with van der Waals surface area (Å²) < 4.78 is 10.1. The third-order valence-electron chi connectivity index (χ3n) is 4.59. The van der Waals surface area contributed by atoms with Gasteiger partial charge in [-0.05, 0) is 81.3 Å². The van der Waals surface area contributed by atoms with Gasteiger partial charge in [0, 0.05) is 6.61 Å². The van der Waals surface area contributed by atoms with Gasteiger partial charge in [-0.15, -0.1) is 0 Å². The van der Waals surface area contributed by atoms with Crippen LogP contribution in [0.1, 0.15) is 59.0 Å². The van der Waals surface area contributed by atoms with Gasteiger partial charge in [-0.2, -0.15) is 0 Å². The van der Waals surface area contributed by atoms with Crippen molar-refractivity contribution in [2.45, 2.75) is 45.6 Å². The Hall–Kier alpha value is -2.66. The SMILES string of the molecule is COC(=O)c1ccc(CC(CO)CCc2ccc(C(=O)OC(C)(C)C)cc2)cc1. The number of aliphatic hydroxyl groups excluding tert-OH is 1. The zero-order chi connectivity index (χ0) is 21.4. The lowest BCUT2D eigenvalue weighted by atomic mass is 9.93. The first-order chi connectivity index (χ1) is 13.7. The lowest BCUT2D eigenvalue weighted by molar-refractivity contribution is 0.00693. The van der Waals surface area contributed by atoms with Crippen molar-refractivity contribution >= 4 is 11.9 Å². The summed E-state index contributed by atoms with van der Waals surface area (Å²) in [5.74, 6) is -0.567. The van der Waals surface area contributed by atoms with Crippen molar-refractivity contribution in [1.29, 1.82) is 0 Å². The molecule has 1 N–H and O–H groups in total. The molecule has 2 rings (SSSR count). The van der Waals surface area contributed by atoms with Gasteiger partial charge in [-0.25, -0.2) is 9.59 Å². The van der Waals surface area contributed by atoms with E-state index in [1.54, 1.807) is 24.3 Å². The summed E-state index contributed by atoms with van der Waals surface area (Å²) >= 11 is 0. The van der Waals surface area contributed by atoms with Crippen LogP contribution in [0.3, 0.4) is 0 Å². The molecule has 5 nitrogen and oxygen atoms in total. The van der Waals surface area contributed by atoms with Crippen LogP contribution in [0, 0.1) is 5.92 Å². The van der Waals surface area contributed by atoms with Gasteiger partial charge in [-0.3, -0.25) is 0 Å². The van der Waals surface area contributed by atoms with Crippen LogP contribution in [-0.2, 0) is 22.3 Å². The molecule has 2 aromatic rings. The van der Waals surface area contributed by atoms with Crippen LogP contribution in [0.5, 0.6) is 0 Å². The van der Waals surface area contributed by atoms with E-state index in [0.29, 0.717) is 11.1 Å². The highest BCUT2D eigenvalue weighted by atomic mass is 16.6. The molecule has 0 heterocycles. The Labute approximate surface area is 172 Å². The highest BCUT2D eigenvalue weighted by Crippen LogP contribution is 2.18. The Morgan fingerprint density at radius 3 is 1.90 bits per heavy atom. The monoisotopic (exact) mass is 398 g/mol. The molecule has 1 unspecified atom stereocenters. The van der Waals surface area contributed by atoms with E-state index in [0.717, 1.165) is 30.4 Å². The molecule has 1 atom stereocenters. The minimum absolute atomic E-state index is 0.0920. The lowest BCUT2D eigenvalue weighted by Crippen LogP contribution is -2.23. The topological polar surface area (TPSA) is 72.8 Å². The van der Waals surface area contributed by atoms with Crippen molar-refractivity contribution in [1.82, 2.24) is 0 Å². The summed E-state index contributed by atoms with van der Waals surface area (Å²) in [6.07, 6.45) is 2.36. The van der Waals surface area contributed by atoms with Crippen LogP contribution >= 0.6 is 0 Å². The van der Waals surface area contributed by atoms with Crippen LogP contribution in [0.25, 0.3) is 0 Å². The first-order valence-electron chi connectivity index (χ1n) is 9.82. The maximum Gasteiger partial charge on any atom is 0.338 e. The number of aryl methyl sites for hydroxylation is 1. The molecular formula is C24H30O5. The van der Waals surface area contributed by atoms with Gasteiger partial charge in [0.15, 0.2) is 0 Å². The standard InChI is InChI=1S/C24H30O5/c1-24(2,3)29-23(27)21-11-7-17(8-12-21)5-6-19(16-25)15-18-9-13-20(14-10-18)22(26)28-4/h7-14,19,25H,5-6,15-16H2,1-4H3. The maximum absolute atomic E-state index is 12.1. The van der Waals surface area contributed by atoms with Gasteiger partial charge in [0.1, 0.15) is 5.60 Å². The van der Waals surface area contributed by atoms with Crippen LogP contribution in [0.15, 0.2) is 48.5 Å². The molecule has 5 heteroatoms. The molecule has 156 valence electrons. The van der Waals surface area contributed by atoms with E-state index in [4.69, 9.17) is 9.47 Å². The predicted molar refractivity (Wildman–Crippen MR) is 112 cm³/mol. The van der Waals surface area contributed by atoms with Crippen LogP contribution in [0.4, 0.5) is 0 Å². The number of carbonyl (C=O) groups excluding carboxylic acids is 2. The summed E-state index contributed by atoms with van der Waals surface area (Å²) in [4.78, 5) is 23.6. The Kier molecular flexibility index (Phi) is 7.97. The average Bonchev–Trinajstić information content (AvgIpc) is 2.70. The van der Waals surface area contributed by atoms with Gasteiger partial charge >= 0.3 is 11.9 Å². The van der Waals surface area contributed by atoms with Crippen molar-refractivity contribution < 1.29 is 24.2 Å². The highest BCUT2D eigenvalue weighted by Gasteiger charge is 2.17. The molecule has 0 bridgehead atoms. The average molecular weight is 398 g/mol. The van der Waals surface area contributed by atoms with Crippen molar-refractivity contribution in [3.63, 3.8) is 0 Å². The number of benzene rings is 2. The molecule has 29 heavy (non-hydrogen) atoms. The fourth-order valence-electron chi connectivity index (χ4n) is 3.00. The molecule has 0 radical (unpaired) electrons. The first kappa shape index (κ1) is 22.6. The maximum atomic E-state index is 12.1. The van der Waals surface area contributed by atoms with Crippen LogP contribution < -0.4 is 0 Å². The normalized spacial score (nSPS) is 12.3. The molecule has 0 aliphatic carbocycles. The van der Waals surface area contributed by atoms with Crippen molar-refractivity contribution in [2.24, 2.45) is 5.92 Å².